The molecule has 2 rings (SSSR count). The number of aryl methyl sites for hydroxylation is 2. The van der Waals surface area contributed by atoms with E-state index in [9.17, 15) is 0 Å². The zero-order chi connectivity index (χ0) is 23.8. The van der Waals surface area contributed by atoms with E-state index in [4.69, 9.17) is 30.2 Å². The van der Waals surface area contributed by atoms with Crippen LogP contribution in [0.15, 0.2) is 48.5 Å². The smallest absolute Gasteiger partial charge is 0.330 e. The molecule has 0 aliphatic heterocycles. The van der Waals surface area contributed by atoms with E-state index in [2.05, 4.69) is 51.1 Å². The lowest BCUT2D eigenvalue weighted by Gasteiger charge is -2.22. The van der Waals surface area contributed by atoms with Gasteiger partial charge in [-0.2, -0.15) is 24.4 Å². The van der Waals surface area contributed by atoms with Crippen LogP contribution in [0, 0.1) is 25.2 Å². The van der Waals surface area contributed by atoms with E-state index in [0.717, 1.165) is 5.56 Å². The summed E-state index contributed by atoms with van der Waals surface area (Å²) in [6.45, 7) is 13.0. The molecule has 2 aromatic rings. The van der Waals surface area contributed by atoms with Crippen LogP contribution < -0.4 is 5.73 Å². The number of hydrogen-bond donors (Lipinski definition) is 1. The molecule has 0 aliphatic rings. The van der Waals surface area contributed by atoms with Crippen LogP contribution in [0.5, 0.6) is 0 Å². The van der Waals surface area contributed by atoms with Crippen molar-refractivity contribution in [2.75, 3.05) is 6.54 Å². The van der Waals surface area contributed by atoms with Gasteiger partial charge in [0, 0.05) is 12.0 Å². The third kappa shape index (κ3) is 17.2. The van der Waals surface area contributed by atoms with Crippen LogP contribution in [-0.2, 0) is 30.0 Å². The third-order valence-corrected chi connectivity index (χ3v) is 4.40. The molecule has 6 nitrogen and oxygen atoms in total. The average Bonchev–Trinajstić information content (AvgIpc) is 2.70. The van der Waals surface area contributed by atoms with Crippen molar-refractivity contribution >= 4 is 24.7 Å². The molecule has 0 radical (unpaired) electrons. The minimum atomic E-state index is -0.367. The highest BCUT2D eigenvalue weighted by molar-refractivity contribution is 5.85. The Bertz CT molecular complexity index is 845. The molecule has 0 saturated heterocycles. The van der Waals surface area contributed by atoms with Gasteiger partial charge in [0.1, 0.15) is 0 Å². The Morgan fingerprint density at radius 3 is 1.24 bits per heavy atom. The summed E-state index contributed by atoms with van der Waals surface area (Å²) < 4.78 is 0. The molecule has 0 bridgehead atoms. The largest absolute Gasteiger partial charge is 0.373 e. The number of nitrogens with two attached hydrogens (primary N) is 1. The van der Waals surface area contributed by atoms with Crippen molar-refractivity contribution in [2.24, 2.45) is 5.73 Å². The van der Waals surface area contributed by atoms with Crippen LogP contribution in [0.2, 0.25) is 0 Å². The molecule has 0 unspecified atom stereocenters. The number of nitrogens with zero attached hydrogens (tertiary/aromatic N) is 1. The third-order valence-electron chi connectivity index (χ3n) is 4.40. The van der Waals surface area contributed by atoms with Crippen molar-refractivity contribution in [3.05, 3.63) is 70.8 Å². The quantitative estimate of drug-likeness (QED) is 0.617. The molecule has 2 aromatic carbocycles. The highest BCUT2D eigenvalue weighted by Crippen LogP contribution is 2.22. The Morgan fingerprint density at radius 1 is 0.727 bits per heavy atom. The van der Waals surface area contributed by atoms with Crippen LogP contribution in [0.25, 0.3) is 0 Å². The molecule has 0 saturated carbocycles. The van der Waals surface area contributed by atoms with E-state index in [1.54, 1.807) is 0 Å². The molecule has 0 aliphatic carbocycles. The maximum atomic E-state index is 8.87. The van der Waals surface area contributed by atoms with E-state index in [1.807, 2.05) is 45.0 Å². The fourth-order valence-electron chi connectivity index (χ4n) is 2.16. The van der Waals surface area contributed by atoms with Crippen molar-refractivity contribution in [3.8, 4) is 6.07 Å². The zero-order valence-electron chi connectivity index (χ0n) is 18.9. The second-order valence-electron chi connectivity index (χ2n) is 7.72. The first-order valence-corrected chi connectivity index (χ1v) is 9.19. The van der Waals surface area contributed by atoms with Crippen molar-refractivity contribution in [1.29, 1.82) is 5.26 Å². The maximum Gasteiger partial charge on any atom is 0.373 e. The van der Waals surface area contributed by atoms with Gasteiger partial charge >= 0.3 is 12.3 Å². The van der Waals surface area contributed by atoms with E-state index < -0.39 is 0 Å². The summed E-state index contributed by atoms with van der Waals surface area (Å²) in [4.78, 5) is 32.5. The van der Waals surface area contributed by atoms with Crippen LogP contribution in [0.4, 0.5) is 0 Å². The maximum absolute atomic E-state index is 8.87. The highest BCUT2D eigenvalue weighted by Gasteiger charge is 2.18. The minimum absolute atomic E-state index is 0. The molecule has 0 heterocycles. The fraction of sp³-hybridized carbons (Fsp3) is 0.423. The number of benzene rings is 2. The summed E-state index contributed by atoms with van der Waals surface area (Å²) >= 11 is 0. The SMILES string of the molecule is C.C.Cc1ccc(C(C)(C)C#N)cc1.Cc1ccc(C(C)(C)CN)cc1.Cl.O=C=O.O=C=O. The molecule has 33 heavy (non-hydrogen) atoms. The van der Waals surface area contributed by atoms with Crippen LogP contribution >= 0.6 is 12.4 Å². The van der Waals surface area contributed by atoms with Gasteiger partial charge < -0.3 is 5.73 Å². The minimum Gasteiger partial charge on any atom is -0.330 e. The number of nitriles is 1. The number of hydrogen-bond acceptors (Lipinski definition) is 6. The molecule has 7 heteroatoms. The zero-order valence-corrected chi connectivity index (χ0v) is 19.7. The molecular weight excluding hydrogens is 440 g/mol. The van der Waals surface area contributed by atoms with Gasteiger partial charge in [0.2, 0.25) is 0 Å². The second kappa shape index (κ2) is 20.8. The molecule has 0 spiro atoms. The van der Waals surface area contributed by atoms with Gasteiger partial charge in [0.05, 0.1) is 11.5 Å². The lowest BCUT2D eigenvalue weighted by molar-refractivity contribution is -0.193. The summed E-state index contributed by atoms with van der Waals surface area (Å²) in [6.07, 6.45) is 0.500. The first-order valence-electron chi connectivity index (χ1n) is 9.19. The molecule has 0 atom stereocenters. The predicted molar refractivity (Wildman–Crippen MR) is 134 cm³/mol. The fourth-order valence-corrected chi connectivity index (χ4v) is 2.16. The van der Waals surface area contributed by atoms with E-state index in [-0.39, 0.29) is 50.4 Å². The Balaban J connectivity index is -0.000000119. The number of rotatable bonds is 3. The Hall–Kier alpha value is -3.06. The summed E-state index contributed by atoms with van der Waals surface area (Å²) in [6, 6.07) is 18.9. The summed E-state index contributed by atoms with van der Waals surface area (Å²) in [7, 11) is 0. The monoisotopic (exact) mass is 478 g/mol. The molecular formula is C26H39ClN2O4. The van der Waals surface area contributed by atoms with Gasteiger partial charge in [-0.15, -0.1) is 12.4 Å². The topological polar surface area (TPSA) is 118 Å². The average molecular weight is 479 g/mol. The Labute approximate surface area is 205 Å². The van der Waals surface area contributed by atoms with E-state index >= 15 is 0 Å². The lowest BCUT2D eigenvalue weighted by atomic mass is 9.84. The standard InChI is InChI=1S/C11H17N.C11H13N.2CO2.2CH4.ClH/c2*1-9-4-6-10(7-5-9)11(2,3)8-12;2*2-1-3;;;/h4-7H,8,12H2,1-3H3;4-7H,1-3H3;;;2*1H4;1H. The summed E-state index contributed by atoms with van der Waals surface area (Å²) in [5.41, 5.74) is 10.3. The second-order valence-corrected chi connectivity index (χ2v) is 7.72. The van der Waals surface area contributed by atoms with E-state index in [0.29, 0.717) is 6.54 Å². The Kier molecular flexibility index (Phi) is 25.4. The first kappa shape index (κ1) is 40.3. The molecule has 184 valence electrons. The lowest BCUT2D eigenvalue weighted by Crippen LogP contribution is -2.27. The number of halogens is 1. The molecule has 0 amide bonds. The normalized spacial score (nSPS) is 8.67. The van der Waals surface area contributed by atoms with Gasteiger partial charge in [-0.05, 0) is 38.8 Å². The van der Waals surface area contributed by atoms with Gasteiger partial charge in [-0.3, -0.25) is 0 Å². The Morgan fingerprint density at radius 2 is 1.00 bits per heavy atom. The van der Waals surface area contributed by atoms with Gasteiger partial charge in [0.25, 0.3) is 0 Å². The van der Waals surface area contributed by atoms with Crippen molar-refractivity contribution in [3.63, 3.8) is 0 Å². The molecule has 0 aromatic heterocycles. The van der Waals surface area contributed by atoms with Gasteiger partial charge in [0.15, 0.2) is 0 Å². The predicted octanol–water partition coefficient (Wildman–Crippen LogP) is 5.55. The van der Waals surface area contributed by atoms with Crippen molar-refractivity contribution < 1.29 is 19.2 Å². The first-order chi connectivity index (χ1) is 13.9. The van der Waals surface area contributed by atoms with Crippen molar-refractivity contribution in [2.45, 2.75) is 67.2 Å². The summed E-state index contributed by atoms with van der Waals surface area (Å²) in [5.74, 6) is 0. The van der Waals surface area contributed by atoms with Crippen LogP contribution in [0.1, 0.15) is 64.8 Å². The van der Waals surface area contributed by atoms with Crippen molar-refractivity contribution in [1.82, 2.24) is 0 Å². The van der Waals surface area contributed by atoms with Gasteiger partial charge in [-0.25, -0.2) is 0 Å². The summed E-state index contributed by atoms with van der Waals surface area (Å²) in [5, 5.41) is 8.87. The highest BCUT2D eigenvalue weighted by atomic mass is 35.5. The molecule has 0 fully saturated rings. The van der Waals surface area contributed by atoms with Crippen LogP contribution in [-0.4, -0.2) is 18.8 Å². The molecule has 2 N–H and O–H groups in total. The van der Waals surface area contributed by atoms with E-state index in [1.165, 1.54) is 16.7 Å². The van der Waals surface area contributed by atoms with Crippen LogP contribution in [0.3, 0.4) is 0 Å². The van der Waals surface area contributed by atoms with Gasteiger partial charge in [-0.1, -0.05) is 88.4 Å². The number of carbonyl (C=O) groups excluding carboxylic acids is 4.